The summed E-state index contributed by atoms with van der Waals surface area (Å²) >= 11 is 3.49. The molecule has 5 heteroatoms. The number of unbranched alkanes of at least 4 members (excludes halogenated alkanes) is 14. The fourth-order valence-electron chi connectivity index (χ4n) is 4.37. The highest BCUT2D eigenvalue weighted by Crippen LogP contribution is 2.15. The van der Waals surface area contributed by atoms with Crippen molar-refractivity contribution in [2.24, 2.45) is 0 Å². The Morgan fingerprint density at radius 1 is 0.833 bits per heavy atom. The van der Waals surface area contributed by atoms with E-state index in [1.807, 2.05) is 30.5 Å². The molecule has 0 spiro atoms. The van der Waals surface area contributed by atoms with Gasteiger partial charge in [0.1, 0.15) is 0 Å². The van der Waals surface area contributed by atoms with Gasteiger partial charge in [-0.3, -0.25) is 4.79 Å². The summed E-state index contributed by atoms with van der Waals surface area (Å²) in [6.45, 7) is 2.99. The Labute approximate surface area is 238 Å². The van der Waals surface area contributed by atoms with Gasteiger partial charge in [0.05, 0.1) is 12.5 Å². The largest absolute Gasteiger partial charge is 0.460 e. The predicted octanol–water partition coefficient (Wildman–Crippen LogP) is 10.1. The minimum Gasteiger partial charge on any atom is -0.460 e. The van der Waals surface area contributed by atoms with E-state index in [1.54, 1.807) is 12.3 Å². The summed E-state index contributed by atoms with van der Waals surface area (Å²) in [5.74, 6) is 0.378. The monoisotopic (exact) mass is 623 g/mol. The van der Waals surface area contributed by atoms with Crippen LogP contribution >= 0.6 is 32.9 Å². The Morgan fingerprint density at radius 2 is 1.39 bits per heavy atom. The van der Waals surface area contributed by atoms with Crippen molar-refractivity contribution in [1.82, 2.24) is 4.57 Å². The predicted molar refractivity (Wildman–Crippen MR) is 164 cm³/mol. The van der Waals surface area contributed by atoms with E-state index in [9.17, 15) is 4.79 Å². The second-order valence-corrected chi connectivity index (χ2v) is 10.2. The van der Waals surface area contributed by atoms with Crippen molar-refractivity contribution in [2.45, 2.75) is 115 Å². The number of hydrogen-bond acceptors (Lipinski definition) is 2. The standard InChI is InChI=1S/C31H46BrNO2.BrH/c1-2-3-4-5-6-7-8-9-10-11-12-13-14-15-16-20-23-35-31-27-33(29(25-32)24-30(31)34)26-28-21-18-17-19-22-28;/h17-24,27H,2-16,25-26H2,1H3;1H. The fraction of sp³-hybridized carbons (Fsp3) is 0.581. The minimum atomic E-state index is -0.0788. The summed E-state index contributed by atoms with van der Waals surface area (Å²) in [5.41, 5.74) is 2.06. The quantitative estimate of drug-likeness (QED) is 0.0833. The van der Waals surface area contributed by atoms with Gasteiger partial charge in [-0.15, -0.1) is 17.0 Å². The van der Waals surface area contributed by atoms with Crippen LogP contribution in [0, 0.1) is 0 Å². The van der Waals surface area contributed by atoms with Crippen molar-refractivity contribution in [3.63, 3.8) is 0 Å². The average molecular weight is 626 g/mol. The zero-order valence-corrected chi connectivity index (χ0v) is 25.6. The molecule has 0 aliphatic carbocycles. The zero-order chi connectivity index (χ0) is 25.0. The maximum atomic E-state index is 12.4. The lowest BCUT2D eigenvalue weighted by atomic mass is 10.0. The molecule has 0 saturated carbocycles. The van der Waals surface area contributed by atoms with E-state index in [2.05, 4.69) is 39.6 Å². The summed E-state index contributed by atoms with van der Waals surface area (Å²) in [6, 6.07) is 11.9. The molecule has 0 unspecified atom stereocenters. The Balaban J connectivity index is 0.00000648. The van der Waals surface area contributed by atoms with Crippen LogP contribution in [0.2, 0.25) is 0 Å². The maximum Gasteiger partial charge on any atom is 0.224 e. The molecule has 1 heterocycles. The van der Waals surface area contributed by atoms with Gasteiger partial charge in [-0.2, -0.15) is 0 Å². The topological polar surface area (TPSA) is 31.2 Å². The second kappa shape index (κ2) is 21.7. The van der Waals surface area contributed by atoms with Gasteiger partial charge in [-0.25, -0.2) is 0 Å². The van der Waals surface area contributed by atoms with Crippen LogP contribution in [0.3, 0.4) is 0 Å². The lowest BCUT2D eigenvalue weighted by Crippen LogP contribution is -2.14. The average Bonchev–Trinajstić information content (AvgIpc) is 2.88. The molecule has 2 aromatic rings. The number of pyridine rings is 1. The first-order valence-electron chi connectivity index (χ1n) is 13.9. The maximum absolute atomic E-state index is 12.4. The van der Waals surface area contributed by atoms with Crippen molar-refractivity contribution in [3.05, 3.63) is 76.4 Å². The van der Waals surface area contributed by atoms with Crippen molar-refractivity contribution < 1.29 is 4.74 Å². The van der Waals surface area contributed by atoms with E-state index < -0.39 is 0 Å². The van der Waals surface area contributed by atoms with Gasteiger partial charge in [-0.1, -0.05) is 137 Å². The van der Waals surface area contributed by atoms with Crippen LogP contribution in [0.5, 0.6) is 5.75 Å². The van der Waals surface area contributed by atoms with Gasteiger partial charge < -0.3 is 9.30 Å². The highest BCUT2D eigenvalue weighted by atomic mass is 79.9. The molecular formula is C31H47Br2NO2. The van der Waals surface area contributed by atoms with Crippen molar-refractivity contribution in [2.75, 3.05) is 0 Å². The summed E-state index contributed by atoms with van der Waals surface area (Å²) < 4.78 is 7.78. The molecular weight excluding hydrogens is 578 g/mol. The third-order valence-corrected chi connectivity index (χ3v) is 7.11. The minimum absolute atomic E-state index is 0. The molecule has 202 valence electrons. The number of halogens is 2. The number of benzene rings is 1. The third-order valence-electron chi connectivity index (χ3n) is 6.53. The Hall–Kier alpha value is -1.33. The third kappa shape index (κ3) is 14.4. The van der Waals surface area contributed by atoms with Crippen LogP contribution in [-0.4, -0.2) is 4.57 Å². The van der Waals surface area contributed by atoms with Crippen LogP contribution < -0.4 is 10.2 Å². The van der Waals surface area contributed by atoms with Gasteiger partial charge in [0.15, 0.2) is 5.75 Å². The van der Waals surface area contributed by atoms with Crippen LogP contribution in [0.1, 0.15) is 114 Å². The van der Waals surface area contributed by atoms with Crippen LogP contribution in [-0.2, 0) is 11.9 Å². The SMILES string of the molecule is Br.CCCCCCCCCCCCCCCCC=COc1cn(Cc2ccccc2)c(CBr)cc1=O. The molecule has 0 aliphatic rings. The number of alkyl halides is 1. The molecule has 0 atom stereocenters. The van der Waals surface area contributed by atoms with E-state index in [0.29, 0.717) is 17.6 Å². The summed E-state index contributed by atoms with van der Waals surface area (Å²) in [6.07, 6.45) is 25.8. The van der Waals surface area contributed by atoms with E-state index in [4.69, 9.17) is 4.74 Å². The van der Waals surface area contributed by atoms with Crippen molar-refractivity contribution in [1.29, 1.82) is 0 Å². The Bertz CT molecular complexity index is 880. The van der Waals surface area contributed by atoms with Gasteiger partial charge in [0.25, 0.3) is 0 Å². The number of ether oxygens (including phenoxy) is 1. The van der Waals surface area contributed by atoms with Crippen molar-refractivity contribution in [3.8, 4) is 5.75 Å². The van der Waals surface area contributed by atoms with E-state index in [1.165, 1.54) is 95.5 Å². The molecule has 2 rings (SSSR count). The molecule has 3 nitrogen and oxygen atoms in total. The van der Waals surface area contributed by atoms with E-state index in [-0.39, 0.29) is 22.4 Å². The molecule has 0 fully saturated rings. The fourth-order valence-corrected chi connectivity index (χ4v) is 4.85. The molecule has 0 bridgehead atoms. The van der Waals surface area contributed by atoms with Crippen LogP contribution in [0.15, 0.2) is 59.7 Å². The first-order chi connectivity index (χ1) is 17.2. The summed E-state index contributed by atoms with van der Waals surface area (Å²) in [7, 11) is 0. The summed E-state index contributed by atoms with van der Waals surface area (Å²) in [5, 5.41) is 0.629. The Kier molecular flexibility index (Phi) is 19.7. The zero-order valence-electron chi connectivity index (χ0n) is 22.3. The molecule has 36 heavy (non-hydrogen) atoms. The molecule has 0 amide bonds. The van der Waals surface area contributed by atoms with Crippen LogP contribution in [0.25, 0.3) is 0 Å². The normalized spacial score (nSPS) is 11.1. The van der Waals surface area contributed by atoms with Gasteiger partial charge >= 0.3 is 0 Å². The molecule has 0 aliphatic heterocycles. The highest BCUT2D eigenvalue weighted by molar-refractivity contribution is 9.08. The molecule has 0 saturated heterocycles. The smallest absolute Gasteiger partial charge is 0.224 e. The number of allylic oxidation sites excluding steroid dienone is 1. The lowest BCUT2D eigenvalue weighted by Gasteiger charge is -2.13. The summed E-state index contributed by atoms with van der Waals surface area (Å²) in [4.78, 5) is 12.4. The lowest BCUT2D eigenvalue weighted by molar-refractivity contribution is 0.464. The second-order valence-electron chi connectivity index (χ2n) is 9.61. The Morgan fingerprint density at radius 3 is 1.94 bits per heavy atom. The number of hydrogen-bond donors (Lipinski definition) is 0. The van der Waals surface area contributed by atoms with E-state index in [0.717, 1.165) is 12.1 Å². The highest BCUT2D eigenvalue weighted by Gasteiger charge is 2.07. The van der Waals surface area contributed by atoms with Gasteiger partial charge in [0, 0.05) is 23.6 Å². The van der Waals surface area contributed by atoms with E-state index >= 15 is 0 Å². The van der Waals surface area contributed by atoms with Gasteiger partial charge in [-0.05, 0) is 24.5 Å². The molecule has 1 aromatic carbocycles. The number of rotatable bonds is 20. The first kappa shape index (κ1) is 32.7. The molecule has 0 N–H and O–H groups in total. The number of aromatic nitrogens is 1. The van der Waals surface area contributed by atoms with Crippen molar-refractivity contribution >= 4 is 32.9 Å². The first-order valence-corrected chi connectivity index (χ1v) is 15.0. The van der Waals surface area contributed by atoms with Gasteiger partial charge in [0.2, 0.25) is 5.43 Å². The molecule has 1 aromatic heterocycles. The van der Waals surface area contributed by atoms with Crippen LogP contribution in [0.4, 0.5) is 0 Å². The molecule has 0 radical (unpaired) electrons. The number of nitrogens with zero attached hydrogens (tertiary/aromatic N) is 1.